The van der Waals surface area contributed by atoms with Crippen molar-refractivity contribution in [2.75, 3.05) is 19.6 Å². The molecule has 3 fully saturated rings. The minimum Gasteiger partial charge on any atom is -0.342 e. The summed E-state index contributed by atoms with van der Waals surface area (Å²) in [6, 6.07) is 10.3. The topological polar surface area (TPSA) is 81.7 Å². The lowest BCUT2D eigenvalue weighted by molar-refractivity contribution is -0.139. The average molecular weight is 488 g/mol. The van der Waals surface area contributed by atoms with Crippen LogP contribution in [-0.2, 0) is 9.59 Å². The number of rotatable bonds is 5. The number of halogens is 1. The fourth-order valence-corrected chi connectivity index (χ4v) is 5.73. The number of fused-ring (bicyclic) bond motifs is 1. The Labute approximate surface area is 208 Å². The van der Waals surface area contributed by atoms with E-state index in [-0.39, 0.29) is 11.8 Å². The van der Waals surface area contributed by atoms with Crippen molar-refractivity contribution < 1.29 is 9.59 Å². The largest absolute Gasteiger partial charge is 0.342 e. The van der Waals surface area contributed by atoms with Gasteiger partial charge in [-0.1, -0.05) is 29.8 Å². The van der Waals surface area contributed by atoms with Crippen LogP contribution in [0.4, 0.5) is 0 Å². The van der Waals surface area contributed by atoms with Crippen LogP contribution in [0.25, 0.3) is 22.0 Å². The van der Waals surface area contributed by atoms with Gasteiger partial charge in [-0.05, 0) is 61.4 Å². The van der Waals surface area contributed by atoms with Crippen molar-refractivity contribution in [3.63, 3.8) is 0 Å². The molecule has 2 saturated carbocycles. The molecule has 2 aromatic carbocycles. The summed E-state index contributed by atoms with van der Waals surface area (Å²) >= 11 is 6.47. The number of benzene rings is 2. The van der Waals surface area contributed by atoms with E-state index in [9.17, 15) is 9.59 Å². The van der Waals surface area contributed by atoms with Crippen molar-refractivity contribution in [3.05, 3.63) is 52.7 Å². The Hall–Kier alpha value is -3.19. The van der Waals surface area contributed by atoms with Crippen molar-refractivity contribution in [2.45, 2.75) is 38.1 Å². The number of carbonyl (C=O) groups excluding carboxylic acids is 2. The summed E-state index contributed by atoms with van der Waals surface area (Å²) in [7, 11) is 0. The van der Waals surface area contributed by atoms with Crippen molar-refractivity contribution in [3.8, 4) is 11.1 Å². The van der Waals surface area contributed by atoms with Crippen molar-refractivity contribution in [2.24, 2.45) is 16.8 Å². The van der Waals surface area contributed by atoms with E-state index in [4.69, 9.17) is 16.6 Å². The zero-order valence-electron chi connectivity index (χ0n) is 19.6. The molecule has 4 aliphatic rings. The molecule has 2 amide bonds. The van der Waals surface area contributed by atoms with E-state index in [0.29, 0.717) is 23.4 Å². The molecule has 1 saturated heterocycles. The molecule has 178 valence electrons. The molecule has 7 nitrogen and oxygen atoms in total. The van der Waals surface area contributed by atoms with Gasteiger partial charge in [0.1, 0.15) is 11.4 Å². The highest BCUT2D eigenvalue weighted by molar-refractivity contribution is 6.35. The van der Waals surface area contributed by atoms with E-state index in [1.807, 2.05) is 15.9 Å². The predicted octanol–water partition coefficient (Wildman–Crippen LogP) is 4.18. The van der Waals surface area contributed by atoms with Gasteiger partial charge in [0.2, 0.25) is 5.91 Å². The molecule has 8 heteroatoms. The maximum atomic E-state index is 13.3. The minimum absolute atomic E-state index is 0.124. The third kappa shape index (κ3) is 3.39. The summed E-state index contributed by atoms with van der Waals surface area (Å²) in [4.78, 5) is 34.4. The zero-order chi connectivity index (χ0) is 23.9. The van der Waals surface area contributed by atoms with Gasteiger partial charge in [0.05, 0.1) is 16.7 Å². The number of aromatic nitrogens is 2. The SMILES string of the molecule is Cc1cc(-c2cc(Cl)c3cn[nH]c3c2)ccc1C1=NC2(CC2)C(=O)N1CC1CN(C(=O)C2CC2)C1. The van der Waals surface area contributed by atoms with Crippen LogP contribution in [0, 0.1) is 18.8 Å². The van der Waals surface area contributed by atoms with E-state index in [1.54, 1.807) is 6.20 Å². The van der Waals surface area contributed by atoms with Crippen molar-refractivity contribution in [1.29, 1.82) is 0 Å². The summed E-state index contributed by atoms with van der Waals surface area (Å²) in [5, 5.41) is 8.65. The number of aryl methyl sites for hydroxylation is 1. The van der Waals surface area contributed by atoms with Gasteiger partial charge in [-0.25, -0.2) is 0 Å². The number of hydrogen-bond donors (Lipinski definition) is 1. The molecule has 2 aliphatic carbocycles. The Balaban J connectivity index is 1.15. The number of likely N-dealkylation sites (tertiary alicyclic amines) is 1. The van der Waals surface area contributed by atoms with Gasteiger partial charge in [0.15, 0.2) is 0 Å². The van der Waals surface area contributed by atoms with E-state index in [2.05, 4.69) is 41.4 Å². The van der Waals surface area contributed by atoms with Gasteiger partial charge >= 0.3 is 0 Å². The molecule has 35 heavy (non-hydrogen) atoms. The Morgan fingerprint density at radius 3 is 2.69 bits per heavy atom. The molecule has 0 bridgehead atoms. The first-order valence-corrected chi connectivity index (χ1v) is 12.7. The highest BCUT2D eigenvalue weighted by atomic mass is 35.5. The molecular formula is C27H26ClN5O2. The van der Waals surface area contributed by atoms with Gasteiger partial charge < -0.3 is 4.90 Å². The maximum Gasteiger partial charge on any atom is 0.256 e. The monoisotopic (exact) mass is 487 g/mol. The first kappa shape index (κ1) is 21.1. The number of carbonyl (C=O) groups is 2. The highest BCUT2D eigenvalue weighted by Crippen LogP contribution is 2.46. The number of H-pyrrole nitrogens is 1. The Kier molecular flexibility index (Phi) is 4.47. The molecule has 3 heterocycles. The quantitative estimate of drug-likeness (QED) is 0.586. The van der Waals surface area contributed by atoms with Crippen LogP contribution in [0.1, 0.15) is 36.8 Å². The number of aromatic amines is 1. The Bertz CT molecular complexity index is 1430. The average Bonchev–Trinajstić information content (AvgIpc) is 3.73. The second-order valence-electron chi connectivity index (χ2n) is 10.6. The van der Waals surface area contributed by atoms with Crippen LogP contribution in [0.3, 0.4) is 0 Å². The van der Waals surface area contributed by atoms with E-state index in [0.717, 1.165) is 77.8 Å². The number of amides is 2. The lowest BCUT2D eigenvalue weighted by atomic mass is 9.96. The number of nitrogens with zero attached hydrogens (tertiary/aromatic N) is 4. The van der Waals surface area contributed by atoms with Crippen molar-refractivity contribution in [1.82, 2.24) is 20.0 Å². The molecule has 0 atom stereocenters. The molecule has 2 aliphatic heterocycles. The van der Waals surface area contributed by atoms with E-state index in [1.165, 1.54) is 0 Å². The fraction of sp³-hybridized carbons (Fsp3) is 0.407. The van der Waals surface area contributed by atoms with Gasteiger partial charge in [-0.15, -0.1) is 0 Å². The van der Waals surface area contributed by atoms with Crippen LogP contribution in [0.5, 0.6) is 0 Å². The summed E-state index contributed by atoms with van der Waals surface area (Å²) in [6.45, 7) is 4.18. The summed E-state index contributed by atoms with van der Waals surface area (Å²) < 4.78 is 0. The Morgan fingerprint density at radius 1 is 1.17 bits per heavy atom. The highest BCUT2D eigenvalue weighted by Gasteiger charge is 2.58. The van der Waals surface area contributed by atoms with Crippen molar-refractivity contribution >= 4 is 40.2 Å². The molecule has 3 aromatic rings. The smallest absolute Gasteiger partial charge is 0.256 e. The standard InChI is InChI=1S/C27H26ClN5O2/c1-15-8-18(19-9-22(28)21-11-29-31-23(21)10-19)4-5-20(15)24-30-27(6-7-27)26(35)33(24)14-16-12-32(13-16)25(34)17-2-3-17/h4-5,8-11,16-17H,2-3,6-7,12-14H2,1H3,(H,29,31). The van der Waals surface area contributed by atoms with E-state index < -0.39 is 5.54 Å². The molecule has 0 radical (unpaired) electrons. The predicted molar refractivity (Wildman–Crippen MR) is 134 cm³/mol. The first-order valence-electron chi connectivity index (χ1n) is 12.4. The summed E-state index contributed by atoms with van der Waals surface area (Å²) in [6.07, 6.45) is 5.43. The normalized spacial score (nSPS) is 21.1. The number of hydrogen-bond acceptors (Lipinski definition) is 4. The van der Waals surface area contributed by atoms with Gasteiger partial charge in [-0.3, -0.25) is 24.6 Å². The second-order valence-corrected chi connectivity index (χ2v) is 11.0. The maximum absolute atomic E-state index is 13.3. The van der Waals surface area contributed by atoms with E-state index >= 15 is 0 Å². The molecule has 1 spiro atoms. The van der Waals surface area contributed by atoms with Gasteiger partial charge in [-0.2, -0.15) is 5.10 Å². The zero-order valence-corrected chi connectivity index (χ0v) is 20.3. The summed E-state index contributed by atoms with van der Waals surface area (Å²) in [5.74, 6) is 1.76. The van der Waals surface area contributed by atoms with Crippen LogP contribution in [0.15, 0.2) is 41.5 Å². The molecule has 1 aromatic heterocycles. The lowest BCUT2D eigenvalue weighted by Gasteiger charge is -2.41. The van der Waals surface area contributed by atoms with Gasteiger partial charge in [0, 0.05) is 42.4 Å². The number of aliphatic imine (C=N–C) groups is 1. The second kappa shape index (κ2) is 7.40. The van der Waals surface area contributed by atoms with Crippen LogP contribution in [0.2, 0.25) is 5.02 Å². The Morgan fingerprint density at radius 2 is 1.97 bits per heavy atom. The third-order valence-electron chi connectivity index (χ3n) is 7.89. The first-order chi connectivity index (χ1) is 16.9. The van der Waals surface area contributed by atoms with Crippen LogP contribution >= 0.6 is 11.6 Å². The lowest BCUT2D eigenvalue weighted by Crippen LogP contribution is -2.55. The molecule has 0 unspecified atom stereocenters. The molecular weight excluding hydrogens is 462 g/mol. The molecule has 7 rings (SSSR count). The minimum atomic E-state index is -0.549. The number of nitrogens with one attached hydrogen (secondary N) is 1. The third-order valence-corrected chi connectivity index (χ3v) is 8.20. The number of amidine groups is 1. The van der Waals surface area contributed by atoms with Gasteiger partial charge in [0.25, 0.3) is 5.91 Å². The molecule has 1 N–H and O–H groups in total. The van der Waals surface area contributed by atoms with Crippen LogP contribution in [-0.4, -0.2) is 62.8 Å². The fourth-order valence-electron chi connectivity index (χ4n) is 5.46. The summed E-state index contributed by atoms with van der Waals surface area (Å²) in [5.41, 5.74) is 4.47. The van der Waals surface area contributed by atoms with Crippen LogP contribution < -0.4 is 0 Å².